The molecular formula is C14H24IN3O. The SMILES string of the molecule is CCCNc1nc(C(CC)(CC)OC)nc(C)c1I. The van der Waals surface area contributed by atoms with Crippen molar-refractivity contribution in [2.24, 2.45) is 0 Å². The van der Waals surface area contributed by atoms with Crippen molar-refractivity contribution in [3.05, 3.63) is 15.1 Å². The van der Waals surface area contributed by atoms with E-state index in [2.05, 4.69) is 53.7 Å². The maximum absolute atomic E-state index is 5.72. The third-order valence-electron chi connectivity index (χ3n) is 3.50. The van der Waals surface area contributed by atoms with Gasteiger partial charge in [-0.2, -0.15) is 0 Å². The molecule has 0 atom stereocenters. The largest absolute Gasteiger partial charge is 0.370 e. The topological polar surface area (TPSA) is 47.0 Å². The zero-order valence-corrected chi connectivity index (χ0v) is 14.7. The van der Waals surface area contributed by atoms with E-state index in [1.165, 1.54) is 0 Å². The number of aromatic nitrogens is 2. The first-order chi connectivity index (χ1) is 9.04. The Labute approximate surface area is 129 Å². The molecule has 4 nitrogen and oxygen atoms in total. The smallest absolute Gasteiger partial charge is 0.162 e. The molecule has 1 rings (SSSR count). The Morgan fingerprint density at radius 2 is 1.84 bits per heavy atom. The van der Waals surface area contributed by atoms with Gasteiger partial charge < -0.3 is 10.1 Å². The molecule has 0 saturated carbocycles. The maximum atomic E-state index is 5.72. The lowest BCUT2D eigenvalue weighted by molar-refractivity contribution is -0.0291. The highest BCUT2D eigenvalue weighted by molar-refractivity contribution is 14.1. The molecular weight excluding hydrogens is 353 g/mol. The van der Waals surface area contributed by atoms with E-state index in [1.807, 2.05) is 6.92 Å². The summed E-state index contributed by atoms with van der Waals surface area (Å²) in [5, 5.41) is 3.37. The fourth-order valence-corrected chi connectivity index (χ4v) is 2.50. The zero-order valence-electron chi connectivity index (χ0n) is 12.5. The van der Waals surface area contributed by atoms with E-state index in [0.717, 1.165) is 46.7 Å². The van der Waals surface area contributed by atoms with Crippen LogP contribution in [0, 0.1) is 10.5 Å². The Balaban J connectivity index is 3.25. The van der Waals surface area contributed by atoms with E-state index < -0.39 is 0 Å². The Hall–Kier alpha value is -0.430. The number of hydrogen-bond acceptors (Lipinski definition) is 4. The fraction of sp³-hybridized carbons (Fsp3) is 0.714. The number of methoxy groups -OCH3 is 1. The van der Waals surface area contributed by atoms with Crippen LogP contribution in [-0.2, 0) is 10.3 Å². The maximum Gasteiger partial charge on any atom is 0.162 e. The lowest BCUT2D eigenvalue weighted by Gasteiger charge is -2.29. The lowest BCUT2D eigenvalue weighted by Crippen LogP contribution is -2.30. The number of aryl methyl sites for hydroxylation is 1. The number of nitrogens with one attached hydrogen (secondary N) is 1. The first-order valence-electron chi connectivity index (χ1n) is 6.88. The standard InChI is InChI=1S/C14H24IN3O/c1-6-9-16-12-11(15)10(4)17-13(18-12)14(7-2,8-3)19-5/h6-9H2,1-5H3,(H,16,17,18). The quantitative estimate of drug-likeness (QED) is 0.733. The average Bonchev–Trinajstić information content (AvgIpc) is 2.43. The van der Waals surface area contributed by atoms with E-state index in [0.29, 0.717) is 0 Å². The second kappa shape index (κ2) is 7.38. The second-order valence-corrected chi connectivity index (χ2v) is 5.71. The number of nitrogens with zero attached hydrogens (tertiary/aromatic N) is 2. The monoisotopic (exact) mass is 377 g/mol. The predicted octanol–water partition coefficient (Wildman–Crippen LogP) is 3.87. The predicted molar refractivity (Wildman–Crippen MR) is 87.5 cm³/mol. The van der Waals surface area contributed by atoms with Crippen molar-refractivity contribution in [3.8, 4) is 0 Å². The number of rotatable bonds is 7. The van der Waals surface area contributed by atoms with Crippen molar-refractivity contribution in [1.29, 1.82) is 0 Å². The molecule has 1 aromatic heterocycles. The molecule has 1 N–H and O–H groups in total. The van der Waals surface area contributed by atoms with Crippen molar-refractivity contribution in [3.63, 3.8) is 0 Å². The van der Waals surface area contributed by atoms with Crippen molar-refractivity contribution in [2.45, 2.75) is 52.6 Å². The zero-order chi connectivity index (χ0) is 14.5. The number of halogens is 1. The Morgan fingerprint density at radius 1 is 1.21 bits per heavy atom. The first kappa shape index (κ1) is 16.6. The van der Waals surface area contributed by atoms with E-state index in [-0.39, 0.29) is 5.60 Å². The molecule has 0 saturated heterocycles. The molecule has 0 aliphatic heterocycles. The van der Waals surface area contributed by atoms with Crippen LogP contribution in [0.25, 0.3) is 0 Å². The molecule has 1 heterocycles. The first-order valence-corrected chi connectivity index (χ1v) is 7.96. The number of ether oxygens (including phenoxy) is 1. The molecule has 108 valence electrons. The minimum atomic E-state index is -0.377. The van der Waals surface area contributed by atoms with Crippen molar-refractivity contribution in [1.82, 2.24) is 9.97 Å². The molecule has 0 aliphatic carbocycles. The van der Waals surface area contributed by atoms with Crippen LogP contribution in [0.4, 0.5) is 5.82 Å². The van der Waals surface area contributed by atoms with Gasteiger partial charge in [-0.25, -0.2) is 9.97 Å². The highest BCUT2D eigenvalue weighted by Gasteiger charge is 2.32. The van der Waals surface area contributed by atoms with Gasteiger partial charge in [-0.05, 0) is 48.8 Å². The molecule has 0 unspecified atom stereocenters. The highest BCUT2D eigenvalue weighted by Crippen LogP contribution is 2.32. The van der Waals surface area contributed by atoms with Gasteiger partial charge in [-0.15, -0.1) is 0 Å². The van der Waals surface area contributed by atoms with E-state index in [4.69, 9.17) is 9.72 Å². The van der Waals surface area contributed by atoms with Crippen LogP contribution < -0.4 is 5.32 Å². The minimum Gasteiger partial charge on any atom is -0.370 e. The normalized spacial score (nSPS) is 11.7. The molecule has 0 radical (unpaired) electrons. The van der Waals surface area contributed by atoms with Gasteiger partial charge in [-0.1, -0.05) is 20.8 Å². The number of anilines is 1. The van der Waals surface area contributed by atoms with Gasteiger partial charge in [0, 0.05) is 13.7 Å². The molecule has 0 fully saturated rings. The van der Waals surface area contributed by atoms with E-state index in [1.54, 1.807) is 7.11 Å². The molecule has 0 bridgehead atoms. The van der Waals surface area contributed by atoms with Crippen molar-refractivity contribution in [2.75, 3.05) is 19.0 Å². The minimum absolute atomic E-state index is 0.377. The van der Waals surface area contributed by atoms with Gasteiger partial charge >= 0.3 is 0 Å². The van der Waals surface area contributed by atoms with Crippen LogP contribution in [0.5, 0.6) is 0 Å². The fourth-order valence-electron chi connectivity index (χ4n) is 2.07. The summed E-state index contributed by atoms with van der Waals surface area (Å²) in [5.41, 5.74) is 0.630. The van der Waals surface area contributed by atoms with Crippen LogP contribution in [-0.4, -0.2) is 23.6 Å². The van der Waals surface area contributed by atoms with Crippen LogP contribution in [0.1, 0.15) is 51.6 Å². The van der Waals surface area contributed by atoms with Gasteiger partial charge in [-0.3, -0.25) is 0 Å². The second-order valence-electron chi connectivity index (χ2n) is 4.63. The van der Waals surface area contributed by atoms with Crippen molar-refractivity contribution >= 4 is 28.4 Å². The van der Waals surface area contributed by atoms with Gasteiger partial charge in [0.25, 0.3) is 0 Å². The average molecular weight is 377 g/mol. The van der Waals surface area contributed by atoms with Crippen LogP contribution in [0.2, 0.25) is 0 Å². The van der Waals surface area contributed by atoms with E-state index >= 15 is 0 Å². The summed E-state index contributed by atoms with van der Waals surface area (Å²) in [6.45, 7) is 9.32. The summed E-state index contributed by atoms with van der Waals surface area (Å²) in [6, 6.07) is 0. The van der Waals surface area contributed by atoms with Crippen LogP contribution >= 0.6 is 22.6 Å². The molecule has 5 heteroatoms. The molecule has 1 aromatic rings. The Kier molecular flexibility index (Phi) is 6.46. The Bertz CT molecular complexity index is 411. The summed E-state index contributed by atoms with van der Waals surface area (Å²) >= 11 is 2.30. The molecule has 0 spiro atoms. The summed E-state index contributed by atoms with van der Waals surface area (Å²) in [4.78, 5) is 9.34. The highest BCUT2D eigenvalue weighted by atomic mass is 127. The molecule has 0 amide bonds. The van der Waals surface area contributed by atoms with Gasteiger partial charge in [0.15, 0.2) is 5.82 Å². The van der Waals surface area contributed by atoms with Gasteiger partial charge in [0.1, 0.15) is 11.4 Å². The molecule has 19 heavy (non-hydrogen) atoms. The third kappa shape index (κ3) is 3.56. The Morgan fingerprint density at radius 3 is 2.32 bits per heavy atom. The summed E-state index contributed by atoms with van der Waals surface area (Å²) in [5.74, 6) is 1.71. The van der Waals surface area contributed by atoms with Crippen LogP contribution in [0.3, 0.4) is 0 Å². The van der Waals surface area contributed by atoms with Crippen molar-refractivity contribution < 1.29 is 4.74 Å². The summed E-state index contributed by atoms with van der Waals surface area (Å²) < 4.78 is 6.81. The summed E-state index contributed by atoms with van der Waals surface area (Å²) in [7, 11) is 1.74. The van der Waals surface area contributed by atoms with Gasteiger partial charge in [0.05, 0.1) is 9.26 Å². The lowest BCUT2D eigenvalue weighted by atomic mass is 9.96. The van der Waals surface area contributed by atoms with Crippen LogP contribution in [0.15, 0.2) is 0 Å². The molecule has 0 aromatic carbocycles. The van der Waals surface area contributed by atoms with Gasteiger partial charge in [0.2, 0.25) is 0 Å². The molecule has 0 aliphatic rings. The summed E-state index contributed by atoms with van der Waals surface area (Å²) in [6.07, 6.45) is 2.81. The number of hydrogen-bond donors (Lipinski definition) is 1. The van der Waals surface area contributed by atoms with E-state index in [9.17, 15) is 0 Å². The third-order valence-corrected chi connectivity index (χ3v) is 4.79.